The fourth-order valence-corrected chi connectivity index (χ4v) is 8.43. The number of esters is 1. The van der Waals surface area contributed by atoms with E-state index >= 15 is 0 Å². The maximum absolute atomic E-state index is 13.1. The Morgan fingerprint density at radius 3 is 2.13 bits per heavy atom. The predicted octanol–water partition coefficient (Wildman–Crippen LogP) is 5.06. The molecule has 0 radical (unpaired) electrons. The summed E-state index contributed by atoms with van der Waals surface area (Å²) in [5, 5.41) is 13.0. The molecule has 2 N–H and O–H groups in total. The Labute approximate surface area is 326 Å². The van der Waals surface area contributed by atoms with Gasteiger partial charge in [0.1, 0.15) is 5.75 Å². The number of nitrogens with zero attached hydrogens (tertiary/aromatic N) is 5. The SMILES string of the molecule is CCOC(=O)CCN1CCN(C2CCN(C(=O)[C@H](C)Cc3cc(C)c(O)c(C)c3)CC2)CC1.COC(=O)N1CCC(N2CCc3ccccc3NC2=O)CC1. The average Bonchev–Trinajstić information content (AvgIpc) is 3.37. The third-order valence-corrected chi connectivity index (χ3v) is 11.6. The monoisotopic (exact) mass is 762 g/mol. The van der Waals surface area contributed by atoms with E-state index in [0.717, 1.165) is 100 Å². The van der Waals surface area contributed by atoms with Crippen LogP contribution in [0.3, 0.4) is 0 Å². The standard InChI is InChI=1S/C26H41N3O4.C16H21N3O3/c1-5-33-24(30)8-9-27-12-14-28(15-13-27)23-6-10-29(11-7-23)26(32)21(4)18-22-16-19(2)25(31)20(3)17-22;1-22-16(21)18-9-7-13(8-10-18)19-11-6-12-4-2-3-5-14(12)17-15(19)20/h16-17,21,23,31H,5-15,18H2,1-4H3;2-5,13H,6-11H2,1H3,(H,17,20)/t21-;/m1./s1. The van der Waals surface area contributed by atoms with Gasteiger partial charge in [-0.25, -0.2) is 9.59 Å². The van der Waals surface area contributed by atoms with Crippen LogP contribution in [0.25, 0.3) is 0 Å². The zero-order chi connectivity index (χ0) is 39.5. The number of rotatable bonds is 9. The third-order valence-electron chi connectivity index (χ3n) is 11.6. The molecule has 3 fully saturated rings. The highest BCUT2D eigenvalue weighted by Gasteiger charge is 2.32. The molecule has 4 heterocycles. The zero-order valence-electron chi connectivity index (χ0n) is 33.6. The van der Waals surface area contributed by atoms with Gasteiger partial charge in [0, 0.05) is 89.1 Å². The largest absolute Gasteiger partial charge is 0.507 e. The lowest BCUT2D eigenvalue weighted by Crippen LogP contribution is -2.54. The van der Waals surface area contributed by atoms with Gasteiger partial charge in [0.05, 0.1) is 20.1 Å². The molecule has 4 aliphatic rings. The van der Waals surface area contributed by atoms with Gasteiger partial charge in [-0.1, -0.05) is 37.3 Å². The molecule has 4 amide bonds. The molecule has 4 aliphatic heterocycles. The second-order valence-corrected chi connectivity index (χ2v) is 15.4. The molecule has 3 saturated heterocycles. The van der Waals surface area contributed by atoms with E-state index in [-0.39, 0.29) is 36.0 Å². The van der Waals surface area contributed by atoms with E-state index in [0.29, 0.717) is 50.9 Å². The van der Waals surface area contributed by atoms with Crippen molar-refractivity contribution in [2.45, 2.75) is 84.7 Å². The molecule has 2 aromatic rings. The van der Waals surface area contributed by atoms with Crippen LogP contribution in [0.15, 0.2) is 36.4 Å². The lowest BCUT2D eigenvalue weighted by molar-refractivity contribution is -0.143. The van der Waals surface area contributed by atoms with Crippen molar-refractivity contribution in [2.75, 3.05) is 84.5 Å². The Morgan fingerprint density at radius 1 is 0.873 bits per heavy atom. The summed E-state index contributed by atoms with van der Waals surface area (Å²) in [5.41, 5.74) is 4.92. The van der Waals surface area contributed by atoms with Crippen LogP contribution in [-0.4, -0.2) is 145 Å². The first kappa shape index (κ1) is 41.8. The Morgan fingerprint density at radius 2 is 1.49 bits per heavy atom. The summed E-state index contributed by atoms with van der Waals surface area (Å²) >= 11 is 0. The summed E-state index contributed by atoms with van der Waals surface area (Å²) < 4.78 is 9.77. The molecule has 0 aliphatic carbocycles. The molecule has 0 bridgehead atoms. The fourth-order valence-electron chi connectivity index (χ4n) is 8.43. The fraction of sp³-hybridized carbons (Fsp3) is 0.619. The number of likely N-dealkylation sites (tertiary alicyclic amines) is 2. The maximum atomic E-state index is 13.1. The minimum Gasteiger partial charge on any atom is -0.507 e. The van der Waals surface area contributed by atoms with Gasteiger partial charge in [0.2, 0.25) is 5.91 Å². The lowest BCUT2D eigenvalue weighted by atomic mass is 9.95. The van der Waals surface area contributed by atoms with Crippen molar-refractivity contribution < 1.29 is 33.8 Å². The van der Waals surface area contributed by atoms with E-state index in [2.05, 4.69) is 21.2 Å². The van der Waals surface area contributed by atoms with Crippen LogP contribution >= 0.6 is 0 Å². The normalized spacial score (nSPS) is 19.4. The summed E-state index contributed by atoms with van der Waals surface area (Å²) in [6.45, 7) is 16.5. The highest BCUT2D eigenvalue weighted by molar-refractivity contribution is 5.91. The first-order valence-corrected chi connectivity index (χ1v) is 20.2. The number of hydrogen-bond acceptors (Lipinski definition) is 9. The first-order chi connectivity index (χ1) is 26.5. The third kappa shape index (κ3) is 11.3. The predicted molar refractivity (Wildman–Crippen MR) is 212 cm³/mol. The van der Waals surface area contributed by atoms with Crippen molar-refractivity contribution in [1.29, 1.82) is 0 Å². The molecule has 0 unspecified atom stereocenters. The van der Waals surface area contributed by atoms with E-state index in [9.17, 15) is 24.3 Å². The number of fused-ring (bicyclic) bond motifs is 1. The van der Waals surface area contributed by atoms with Gasteiger partial charge in [0.25, 0.3) is 0 Å². The van der Waals surface area contributed by atoms with Crippen LogP contribution in [-0.2, 0) is 31.9 Å². The van der Waals surface area contributed by atoms with Gasteiger partial charge in [-0.05, 0) is 87.6 Å². The maximum Gasteiger partial charge on any atom is 0.409 e. The van der Waals surface area contributed by atoms with Crippen LogP contribution in [0, 0.1) is 19.8 Å². The molecule has 302 valence electrons. The number of piperidine rings is 2. The molecule has 55 heavy (non-hydrogen) atoms. The Kier molecular flexibility index (Phi) is 15.2. The Bertz CT molecular complexity index is 1590. The van der Waals surface area contributed by atoms with Gasteiger partial charge in [-0.3, -0.25) is 14.5 Å². The second-order valence-electron chi connectivity index (χ2n) is 15.4. The van der Waals surface area contributed by atoms with Crippen LogP contribution in [0.5, 0.6) is 5.75 Å². The topological polar surface area (TPSA) is 135 Å². The summed E-state index contributed by atoms with van der Waals surface area (Å²) in [4.78, 5) is 59.2. The van der Waals surface area contributed by atoms with Crippen molar-refractivity contribution in [3.05, 3.63) is 58.7 Å². The van der Waals surface area contributed by atoms with Crippen molar-refractivity contribution in [3.63, 3.8) is 0 Å². The van der Waals surface area contributed by atoms with E-state index in [1.54, 1.807) is 4.90 Å². The smallest absolute Gasteiger partial charge is 0.409 e. The number of urea groups is 1. The number of hydrogen-bond donors (Lipinski definition) is 2. The molecule has 6 rings (SSSR count). The Hall–Kier alpha value is -4.36. The number of nitrogens with one attached hydrogen (secondary N) is 1. The van der Waals surface area contributed by atoms with E-state index in [1.165, 1.54) is 12.7 Å². The van der Waals surface area contributed by atoms with Gasteiger partial charge < -0.3 is 39.5 Å². The quantitative estimate of drug-likeness (QED) is 0.337. The van der Waals surface area contributed by atoms with Gasteiger partial charge in [-0.2, -0.15) is 0 Å². The van der Waals surface area contributed by atoms with Crippen molar-refractivity contribution >= 4 is 29.7 Å². The number of anilines is 1. The van der Waals surface area contributed by atoms with E-state index < -0.39 is 0 Å². The summed E-state index contributed by atoms with van der Waals surface area (Å²) in [7, 11) is 1.40. The molecular weight excluding hydrogens is 700 g/mol. The average molecular weight is 763 g/mol. The molecule has 1 atom stereocenters. The zero-order valence-corrected chi connectivity index (χ0v) is 33.6. The molecule has 0 aromatic heterocycles. The molecule has 13 heteroatoms. The minimum atomic E-state index is -0.286. The first-order valence-electron chi connectivity index (χ1n) is 20.2. The number of carbonyl (C=O) groups excluding carboxylic acids is 4. The summed E-state index contributed by atoms with van der Waals surface area (Å²) in [5.74, 6) is 0.412. The molecule has 2 aromatic carbocycles. The van der Waals surface area contributed by atoms with Gasteiger partial charge in [0.15, 0.2) is 0 Å². The highest BCUT2D eigenvalue weighted by Crippen LogP contribution is 2.27. The number of aromatic hydroxyl groups is 1. The van der Waals surface area contributed by atoms with E-state index in [1.807, 2.05) is 67.8 Å². The lowest BCUT2D eigenvalue weighted by Gasteiger charge is -2.43. The van der Waals surface area contributed by atoms with Crippen molar-refractivity contribution in [1.82, 2.24) is 24.5 Å². The number of para-hydroxylation sites is 1. The Balaban J connectivity index is 0.000000228. The number of methoxy groups -OCH3 is 1. The van der Waals surface area contributed by atoms with Crippen LogP contribution in [0.4, 0.5) is 15.3 Å². The number of phenols is 1. The number of phenolic OH excluding ortho intramolecular Hbond substituents is 1. The number of benzene rings is 2. The number of amides is 4. The summed E-state index contributed by atoms with van der Waals surface area (Å²) in [6, 6.07) is 12.6. The van der Waals surface area contributed by atoms with Gasteiger partial charge in [-0.15, -0.1) is 0 Å². The van der Waals surface area contributed by atoms with Crippen molar-refractivity contribution in [3.8, 4) is 5.75 Å². The van der Waals surface area contributed by atoms with Crippen molar-refractivity contribution in [2.24, 2.45) is 5.92 Å². The number of carbonyl (C=O) groups is 4. The minimum absolute atomic E-state index is 0.0403. The highest BCUT2D eigenvalue weighted by atomic mass is 16.5. The number of piperazine rings is 1. The molecule has 0 saturated carbocycles. The second kappa shape index (κ2) is 20.0. The van der Waals surface area contributed by atoms with Crippen LogP contribution in [0.2, 0.25) is 0 Å². The number of aryl methyl sites for hydroxylation is 2. The van der Waals surface area contributed by atoms with Crippen LogP contribution < -0.4 is 5.32 Å². The number of ether oxygens (including phenoxy) is 2. The van der Waals surface area contributed by atoms with Crippen LogP contribution in [0.1, 0.15) is 68.2 Å². The van der Waals surface area contributed by atoms with E-state index in [4.69, 9.17) is 9.47 Å². The molecule has 13 nitrogen and oxygen atoms in total. The molecule has 0 spiro atoms. The van der Waals surface area contributed by atoms with Gasteiger partial charge >= 0.3 is 18.1 Å². The molecular formula is C42H62N6O7. The summed E-state index contributed by atoms with van der Waals surface area (Å²) in [6.07, 6.45) is 5.37.